The van der Waals surface area contributed by atoms with Crippen molar-refractivity contribution in [2.24, 2.45) is 5.41 Å². The van der Waals surface area contributed by atoms with E-state index in [0.29, 0.717) is 5.41 Å². The quantitative estimate of drug-likeness (QED) is 0.867. The van der Waals surface area contributed by atoms with E-state index in [4.69, 9.17) is 5.73 Å². The topological polar surface area (TPSA) is 41.7 Å². The predicted octanol–water partition coefficient (Wildman–Crippen LogP) is 3.18. The second-order valence-corrected chi connectivity index (χ2v) is 6.89. The van der Waals surface area contributed by atoms with Crippen molar-refractivity contribution >= 4 is 11.4 Å². The molecule has 6 heteroatoms. The fraction of sp³-hybridized carbons (Fsp3) is 0.647. The number of rotatable bonds is 3. The minimum absolute atomic E-state index is 0.0667. The van der Waals surface area contributed by atoms with Gasteiger partial charge in [0.25, 0.3) is 0 Å². The van der Waals surface area contributed by atoms with Crippen LogP contribution in [0.15, 0.2) is 18.2 Å². The monoisotopic (exact) mass is 325 g/mol. The maximum Gasteiger partial charge on any atom is 0.387 e. The lowest BCUT2D eigenvalue weighted by molar-refractivity contribution is -0.0493. The molecule has 0 radical (unpaired) electrons. The number of nitrogen functional groups attached to an aromatic ring is 1. The Morgan fingerprint density at radius 3 is 2.30 bits per heavy atom. The molecule has 4 nitrogen and oxygen atoms in total. The normalized spacial score (nSPS) is 21.8. The summed E-state index contributed by atoms with van der Waals surface area (Å²) in [6, 6.07) is 5.17. The Balaban J connectivity index is 1.65. The summed E-state index contributed by atoms with van der Waals surface area (Å²) in [4.78, 5) is 4.65. The summed E-state index contributed by atoms with van der Waals surface area (Å²) in [5.74, 6) is 0.0667. The van der Waals surface area contributed by atoms with Gasteiger partial charge in [-0.1, -0.05) is 0 Å². The van der Waals surface area contributed by atoms with Crippen LogP contribution >= 0.6 is 0 Å². The van der Waals surface area contributed by atoms with Crippen molar-refractivity contribution in [1.82, 2.24) is 4.90 Å². The number of hydrogen-bond donors (Lipinski definition) is 1. The average Bonchev–Trinajstić information content (AvgIpc) is 2.53. The van der Waals surface area contributed by atoms with Crippen molar-refractivity contribution in [3.63, 3.8) is 0 Å². The third-order valence-corrected chi connectivity index (χ3v) is 5.45. The van der Waals surface area contributed by atoms with Gasteiger partial charge in [0, 0.05) is 24.8 Å². The first-order valence-corrected chi connectivity index (χ1v) is 8.25. The number of likely N-dealkylation sites (tertiary alicyclic amines) is 1. The van der Waals surface area contributed by atoms with Crippen molar-refractivity contribution < 1.29 is 13.5 Å². The number of piperidine rings is 2. The lowest BCUT2D eigenvalue weighted by Crippen LogP contribution is -2.46. The zero-order valence-corrected chi connectivity index (χ0v) is 13.6. The number of halogens is 2. The molecule has 2 N–H and O–H groups in total. The van der Waals surface area contributed by atoms with E-state index in [1.54, 1.807) is 12.1 Å². The molecule has 23 heavy (non-hydrogen) atoms. The lowest BCUT2D eigenvalue weighted by Gasteiger charge is -2.46. The van der Waals surface area contributed by atoms with Gasteiger partial charge in [0.2, 0.25) is 0 Å². The Kier molecular flexibility index (Phi) is 4.62. The van der Waals surface area contributed by atoms with Crippen LogP contribution in [-0.2, 0) is 0 Å². The van der Waals surface area contributed by atoms with E-state index in [1.165, 1.54) is 25.9 Å². The molecule has 2 heterocycles. The van der Waals surface area contributed by atoms with Crippen LogP contribution < -0.4 is 15.4 Å². The summed E-state index contributed by atoms with van der Waals surface area (Å²) < 4.78 is 29.4. The number of nitrogens with zero attached hydrogens (tertiary/aromatic N) is 2. The summed E-state index contributed by atoms with van der Waals surface area (Å²) in [5, 5.41) is 0. The minimum atomic E-state index is -2.85. The first kappa shape index (κ1) is 16.3. The second kappa shape index (κ2) is 6.51. The van der Waals surface area contributed by atoms with Gasteiger partial charge in [-0.05, 0) is 63.4 Å². The highest BCUT2D eigenvalue weighted by Gasteiger charge is 2.36. The van der Waals surface area contributed by atoms with Crippen LogP contribution in [0.25, 0.3) is 0 Å². The van der Waals surface area contributed by atoms with Gasteiger partial charge in [-0.25, -0.2) is 0 Å². The third-order valence-electron chi connectivity index (χ3n) is 5.45. The Morgan fingerprint density at radius 1 is 1.09 bits per heavy atom. The van der Waals surface area contributed by atoms with Gasteiger partial charge in [-0.3, -0.25) is 0 Å². The maximum atomic E-state index is 12.4. The summed E-state index contributed by atoms with van der Waals surface area (Å²) in [7, 11) is 2.18. The number of hydrogen-bond acceptors (Lipinski definition) is 4. The molecule has 0 saturated carbocycles. The molecule has 2 fully saturated rings. The third kappa shape index (κ3) is 3.68. The zero-order chi connectivity index (χ0) is 16.4. The number of ether oxygens (including phenoxy) is 1. The first-order valence-electron chi connectivity index (χ1n) is 8.25. The molecule has 0 aromatic heterocycles. The fourth-order valence-electron chi connectivity index (χ4n) is 3.75. The Morgan fingerprint density at radius 2 is 1.70 bits per heavy atom. The zero-order valence-electron chi connectivity index (χ0n) is 13.6. The van der Waals surface area contributed by atoms with Crippen LogP contribution in [0, 0.1) is 5.41 Å². The van der Waals surface area contributed by atoms with E-state index in [-0.39, 0.29) is 11.4 Å². The van der Waals surface area contributed by atoms with E-state index in [0.717, 1.165) is 31.6 Å². The smallest absolute Gasteiger partial charge is 0.387 e. The molecule has 0 bridgehead atoms. The molecule has 2 saturated heterocycles. The van der Waals surface area contributed by atoms with E-state index in [2.05, 4.69) is 21.6 Å². The van der Waals surface area contributed by atoms with Crippen molar-refractivity contribution in [3.8, 4) is 5.75 Å². The van der Waals surface area contributed by atoms with Crippen LogP contribution in [0.5, 0.6) is 5.75 Å². The van der Waals surface area contributed by atoms with Crippen LogP contribution in [-0.4, -0.2) is 44.7 Å². The molecular formula is C17H25F2N3O. The van der Waals surface area contributed by atoms with Crippen LogP contribution in [0.1, 0.15) is 25.7 Å². The molecule has 128 valence electrons. The summed E-state index contributed by atoms with van der Waals surface area (Å²) in [5.41, 5.74) is 7.34. The van der Waals surface area contributed by atoms with Crippen molar-refractivity contribution in [2.75, 3.05) is 43.9 Å². The highest BCUT2D eigenvalue weighted by atomic mass is 19.3. The molecule has 0 unspecified atom stereocenters. The summed E-state index contributed by atoms with van der Waals surface area (Å²) in [6.45, 7) is 1.42. The largest absolute Gasteiger partial charge is 0.433 e. The Labute approximate surface area is 136 Å². The number of benzene rings is 1. The van der Waals surface area contributed by atoms with Gasteiger partial charge >= 0.3 is 6.61 Å². The lowest BCUT2D eigenvalue weighted by atomic mass is 9.71. The Hall–Kier alpha value is -1.56. The van der Waals surface area contributed by atoms with E-state index < -0.39 is 6.61 Å². The van der Waals surface area contributed by atoms with Crippen LogP contribution in [0.2, 0.25) is 0 Å². The van der Waals surface area contributed by atoms with Gasteiger partial charge < -0.3 is 20.3 Å². The first-order chi connectivity index (χ1) is 11.0. The average molecular weight is 325 g/mol. The molecule has 0 aliphatic carbocycles. The van der Waals surface area contributed by atoms with E-state index >= 15 is 0 Å². The maximum absolute atomic E-state index is 12.4. The molecule has 3 rings (SSSR count). The fourth-order valence-corrected chi connectivity index (χ4v) is 3.75. The number of anilines is 2. The number of alkyl halides is 2. The Bertz CT molecular complexity index is 535. The van der Waals surface area contributed by atoms with Gasteiger partial charge in [-0.15, -0.1) is 0 Å². The SMILES string of the molecule is CN1CCC2(CC1)CCN(c1ccc(N)c(OC(F)F)c1)CC2. The molecule has 0 atom stereocenters. The summed E-state index contributed by atoms with van der Waals surface area (Å²) >= 11 is 0. The standard InChI is InChI=1S/C17H25F2N3O/c1-21-8-4-17(5-9-21)6-10-22(11-7-17)13-2-3-14(20)15(12-13)23-16(18)19/h2-3,12,16H,4-11,20H2,1H3. The van der Waals surface area contributed by atoms with Gasteiger partial charge in [-0.2, -0.15) is 8.78 Å². The molecule has 1 aromatic carbocycles. The van der Waals surface area contributed by atoms with Crippen LogP contribution in [0.4, 0.5) is 20.2 Å². The van der Waals surface area contributed by atoms with Gasteiger partial charge in [0.1, 0.15) is 0 Å². The van der Waals surface area contributed by atoms with Crippen molar-refractivity contribution in [3.05, 3.63) is 18.2 Å². The molecule has 1 spiro atoms. The second-order valence-electron chi connectivity index (χ2n) is 6.89. The van der Waals surface area contributed by atoms with Crippen LogP contribution in [0.3, 0.4) is 0 Å². The molecule has 0 amide bonds. The highest BCUT2D eigenvalue weighted by molar-refractivity contribution is 5.62. The van der Waals surface area contributed by atoms with Crippen molar-refractivity contribution in [2.45, 2.75) is 32.3 Å². The van der Waals surface area contributed by atoms with Crippen molar-refractivity contribution in [1.29, 1.82) is 0 Å². The summed E-state index contributed by atoms with van der Waals surface area (Å²) in [6.07, 6.45) is 4.85. The van der Waals surface area contributed by atoms with E-state index in [1.807, 2.05) is 6.07 Å². The number of nitrogens with two attached hydrogens (primary N) is 1. The highest BCUT2D eigenvalue weighted by Crippen LogP contribution is 2.42. The molecule has 2 aliphatic heterocycles. The van der Waals surface area contributed by atoms with Gasteiger partial charge in [0.05, 0.1) is 5.69 Å². The van der Waals surface area contributed by atoms with Gasteiger partial charge in [0.15, 0.2) is 5.75 Å². The van der Waals surface area contributed by atoms with E-state index in [9.17, 15) is 8.78 Å². The molecule has 1 aromatic rings. The molecule has 2 aliphatic rings. The minimum Gasteiger partial charge on any atom is -0.433 e. The molecular weight excluding hydrogens is 300 g/mol. The predicted molar refractivity (Wildman–Crippen MR) is 88.1 cm³/mol.